The van der Waals surface area contributed by atoms with E-state index < -0.39 is 0 Å². The molecular formula is C15H10BrNO2. The van der Waals surface area contributed by atoms with Gasteiger partial charge in [-0.25, -0.2) is 4.99 Å². The van der Waals surface area contributed by atoms with Gasteiger partial charge in [0.1, 0.15) is 0 Å². The van der Waals surface area contributed by atoms with E-state index in [4.69, 9.17) is 0 Å². The second kappa shape index (κ2) is 6.20. The van der Waals surface area contributed by atoms with Crippen LogP contribution in [-0.4, -0.2) is 17.4 Å². The first-order chi connectivity index (χ1) is 9.15. The zero-order valence-corrected chi connectivity index (χ0v) is 11.5. The lowest BCUT2D eigenvalue weighted by Crippen LogP contribution is -2.05. The number of aliphatic imine (C=N–C) groups is 1. The number of nitrogens with zero attached hydrogens (tertiary/aromatic N) is 1. The maximum absolute atomic E-state index is 11.6. The molecule has 1 aliphatic carbocycles. The molecule has 0 N–H and O–H groups in total. The summed E-state index contributed by atoms with van der Waals surface area (Å²) in [5, 5.41) is 0. The lowest BCUT2D eigenvalue weighted by atomic mass is 10.1. The van der Waals surface area contributed by atoms with E-state index in [0.29, 0.717) is 10.2 Å². The first-order valence-corrected chi connectivity index (χ1v) is 6.40. The second-order valence-corrected chi connectivity index (χ2v) is 4.66. The number of benzene rings is 1. The Morgan fingerprint density at radius 1 is 1.16 bits per heavy atom. The molecule has 1 aliphatic rings. The fourth-order valence-electron chi connectivity index (χ4n) is 1.46. The Kier molecular flexibility index (Phi) is 4.36. The van der Waals surface area contributed by atoms with Crippen LogP contribution in [0.1, 0.15) is 5.56 Å². The number of hydrogen-bond donors (Lipinski definition) is 0. The van der Waals surface area contributed by atoms with Gasteiger partial charge in [0, 0.05) is 6.08 Å². The second-order valence-electron chi connectivity index (χ2n) is 3.81. The summed E-state index contributed by atoms with van der Waals surface area (Å²) in [5.74, 6) is -0.499. The van der Waals surface area contributed by atoms with Crippen LogP contribution in [0.5, 0.6) is 0 Å². The van der Waals surface area contributed by atoms with Crippen molar-refractivity contribution < 1.29 is 9.59 Å². The number of allylic oxidation sites excluding steroid dienone is 4. The Morgan fingerprint density at radius 2 is 1.89 bits per heavy atom. The van der Waals surface area contributed by atoms with Gasteiger partial charge in [0.2, 0.25) is 0 Å². The zero-order valence-electron chi connectivity index (χ0n) is 9.92. The molecule has 3 nitrogen and oxygen atoms in total. The minimum atomic E-state index is -0.366. The molecule has 0 spiro atoms. The molecular weight excluding hydrogens is 306 g/mol. The number of carbonyl (C=O) groups is 2. The summed E-state index contributed by atoms with van der Waals surface area (Å²) in [6.07, 6.45) is 7.51. The van der Waals surface area contributed by atoms with E-state index in [2.05, 4.69) is 20.9 Å². The van der Waals surface area contributed by atoms with Gasteiger partial charge in [-0.2, -0.15) is 0 Å². The van der Waals surface area contributed by atoms with Gasteiger partial charge in [0.05, 0.1) is 10.2 Å². The highest BCUT2D eigenvalue weighted by atomic mass is 79.9. The van der Waals surface area contributed by atoms with Crippen molar-refractivity contribution in [3.63, 3.8) is 0 Å². The summed E-state index contributed by atoms with van der Waals surface area (Å²) in [4.78, 5) is 26.7. The number of hydrogen-bond acceptors (Lipinski definition) is 2. The van der Waals surface area contributed by atoms with Gasteiger partial charge < -0.3 is 0 Å². The number of ketones is 1. The summed E-state index contributed by atoms with van der Waals surface area (Å²) < 4.78 is 0.397. The van der Waals surface area contributed by atoms with E-state index >= 15 is 0 Å². The van der Waals surface area contributed by atoms with Crippen LogP contribution < -0.4 is 0 Å². The van der Waals surface area contributed by atoms with Gasteiger partial charge >= 0.3 is 0 Å². The highest BCUT2D eigenvalue weighted by Crippen LogP contribution is 2.12. The molecule has 0 atom stereocenters. The SMILES string of the molecule is O=C(C=Cc1ccccc1)N=C1C=CC(=O)C(Br)=C1. The lowest BCUT2D eigenvalue weighted by Gasteiger charge is -2.00. The predicted molar refractivity (Wildman–Crippen MR) is 79.1 cm³/mol. The van der Waals surface area contributed by atoms with Gasteiger partial charge in [-0.1, -0.05) is 30.3 Å². The average molecular weight is 316 g/mol. The summed E-state index contributed by atoms with van der Waals surface area (Å²) in [6.45, 7) is 0. The van der Waals surface area contributed by atoms with Crippen LogP contribution in [0.15, 0.2) is 64.1 Å². The molecule has 0 saturated heterocycles. The zero-order chi connectivity index (χ0) is 13.7. The molecule has 0 fully saturated rings. The van der Waals surface area contributed by atoms with Crippen molar-refractivity contribution in [2.45, 2.75) is 0 Å². The summed E-state index contributed by atoms with van der Waals surface area (Å²) >= 11 is 3.11. The van der Waals surface area contributed by atoms with E-state index in [1.165, 1.54) is 24.3 Å². The molecule has 94 valence electrons. The fourth-order valence-corrected chi connectivity index (χ4v) is 1.82. The molecule has 0 heterocycles. The van der Waals surface area contributed by atoms with Crippen LogP contribution in [-0.2, 0) is 9.59 Å². The van der Waals surface area contributed by atoms with E-state index in [1.807, 2.05) is 30.3 Å². The van der Waals surface area contributed by atoms with Crippen molar-refractivity contribution in [2.75, 3.05) is 0 Å². The maximum Gasteiger partial charge on any atom is 0.270 e. The third kappa shape index (κ3) is 3.96. The minimum absolute atomic E-state index is 0.133. The van der Waals surface area contributed by atoms with Crippen LogP contribution in [0, 0.1) is 0 Å². The number of carbonyl (C=O) groups excluding carboxylic acids is 2. The largest absolute Gasteiger partial charge is 0.289 e. The van der Waals surface area contributed by atoms with Crippen LogP contribution in [0.25, 0.3) is 6.08 Å². The Hall–Kier alpha value is -2.07. The highest BCUT2D eigenvalue weighted by molar-refractivity contribution is 9.12. The van der Waals surface area contributed by atoms with Gasteiger partial charge in [-0.3, -0.25) is 9.59 Å². The van der Waals surface area contributed by atoms with E-state index in [9.17, 15) is 9.59 Å². The molecule has 0 aliphatic heterocycles. The predicted octanol–water partition coefficient (Wildman–Crippen LogP) is 3.09. The fraction of sp³-hybridized carbons (Fsp3) is 0. The van der Waals surface area contributed by atoms with E-state index in [1.54, 1.807) is 6.08 Å². The van der Waals surface area contributed by atoms with Crippen molar-refractivity contribution in [1.29, 1.82) is 0 Å². The molecule has 0 unspecified atom stereocenters. The monoisotopic (exact) mass is 315 g/mol. The van der Waals surface area contributed by atoms with Crippen molar-refractivity contribution >= 4 is 39.4 Å². The quantitative estimate of drug-likeness (QED) is 0.622. The maximum atomic E-state index is 11.6. The van der Waals surface area contributed by atoms with Crippen LogP contribution in [0.4, 0.5) is 0 Å². The minimum Gasteiger partial charge on any atom is -0.289 e. The Balaban J connectivity index is 2.08. The van der Waals surface area contributed by atoms with Crippen LogP contribution in [0.2, 0.25) is 0 Å². The van der Waals surface area contributed by atoms with E-state index in [-0.39, 0.29) is 11.7 Å². The molecule has 4 heteroatoms. The van der Waals surface area contributed by atoms with Gasteiger partial charge in [0.25, 0.3) is 5.91 Å². The van der Waals surface area contributed by atoms with Crippen LogP contribution >= 0.6 is 15.9 Å². The Bertz CT molecular complexity index is 625. The molecule has 0 saturated carbocycles. The van der Waals surface area contributed by atoms with Crippen LogP contribution in [0.3, 0.4) is 0 Å². The first-order valence-electron chi connectivity index (χ1n) is 5.60. The number of amides is 1. The summed E-state index contributed by atoms with van der Waals surface area (Å²) in [6, 6.07) is 9.49. The smallest absolute Gasteiger partial charge is 0.270 e. The Labute approximate surface area is 119 Å². The molecule has 19 heavy (non-hydrogen) atoms. The standard InChI is InChI=1S/C15H10BrNO2/c16-13-10-12(7-8-14(13)18)17-15(19)9-6-11-4-2-1-3-5-11/h1-10H. The van der Waals surface area contributed by atoms with Crippen molar-refractivity contribution in [1.82, 2.24) is 0 Å². The molecule has 1 amide bonds. The molecule has 0 aromatic heterocycles. The highest BCUT2D eigenvalue weighted by Gasteiger charge is 2.09. The van der Waals surface area contributed by atoms with Crippen molar-refractivity contribution in [3.05, 3.63) is 64.7 Å². The summed E-state index contributed by atoms with van der Waals surface area (Å²) in [7, 11) is 0. The summed E-state index contributed by atoms with van der Waals surface area (Å²) in [5.41, 5.74) is 1.39. The van der Waals surface area contributed by atoms with Gasteiger partial charge in [-0.05, 0) is 45.8 Å². The molecule has 0 radical (unpaired) electrons. The normalized spacial score (nSPS) is 17.0. The Morgan fingerprint density at radius 3 is 2.58 bits per heavy atom. The number of rotatable bonds is 2. The lowest BCUT2D eigenvalue weighted by molar-refractivity contribution is -0.113. The first kappa shape index (κ1) is 13.4. The molecule has 1 aromatic carbocycles. The topological polar surface area (TPSA) is 46.5 Å². The van der Waals surface area contributed by atoms with E-state index in [0.717, 1.165) is 5.56 Å². The molecule has 2 rings (SSSR count). The average Bonchev–Trinajstić information content (AvgIpc) is 2.42. The van der Waals surface area contributed by atoms with Gasteiger partial charge in [-0.15, -0.1) is 0 Å². The third-order valence-electron chi connectivity index (χ3n) is 2.37. The molecule has 1 aromatic rings. The third-order valence-corrected chi connectivity index (χ3v) is 2.99. The van der Waals surface area contributed by atoms with Crippen molar-refractivity contribution in [2.24, 2.45) is 4.99 Å². The van der Waals surface area contributed by atoms with Gasteiger partial charge in [0.15, 0.2) is 5.78 Å². The van der Waals surface area contributed by atoms with Crippen molar-refractivity contribution in [3.8, 4) is 0 Å². The molecule has 0 bridgehead atoms. The number of halogens is 1.